The molecule has 8 nitrogen and oxygen atoms in total. The summed E-state index contributed by atoms with van der Waals surface area (Å²) in [4.78, 5) is 31.2. The van der Waals surface area contributed by atoms with E-state index in [-0.39, 0.29) is 11.5 Å². The average molecular weight is 464 g/mol. The van der Waals surface area contributed by atoms with Gasteiger partial charge in [0.2, 0.25) is 0 Å². The van der Waals surface area contributed by atoms with Gasteiger partial charge in [0.05, 0.1) is 25.0 Å². The van der Waals surface area contributed by atoms with Crippen LogP contribution in [0.5, 0.6) is 5.75 Å². The van der Waals surface area contributed by atoms with Crippen molar-refractivity contribution in [2.45, 2.75) is 39.2 Å². The smallest absolute Gasteiger partial charge is 0.267 e. The van der Waals surface area contributed by atoms with Crippen LogP contribution < -0.4 is 15.6 Å². The number of rotatable bonds is 6. The molecule has 9 heteroatoms. The van der Waals surface area contributed by atoms with E-state index in [1.165, 1.54) is 16.0 Å². The van der Waals surface area contributed by atoms with Gasteiger partial charge in [0, 0.05) is 30.1 Å². The minimum absolute atomic E-state index is 0.110. The number of thiazole rings is 1. The highest BCUT2D eigenvalue weighted by atomic mass is 32.1. The van der Waals surface area contributed by atoms with Crippen LogP contribution in [0.25, 0.3) is 16.2 Å². The number of hydrogen-bond donors (Lipinski definition) is 1. The molecular formula is C24H25N5O3S. The van der Waals surface area contributed by atoms with Crippen molar-refractivity contribution in [1.82, 2.24) is 24.5 Å². The Hall–Kier alpha value is -3.46. The second-order valence-corrected chi connectivity index (χ2v) is 9.14. The number of nitrogens with zero attached hydrogens (tertiary/aromatic N) is 4. The van der Waals surface area contributed by atoms with Crippen LogP contribution in [0.1, 0.15) is 39.5 Å². The highest BCUT2D eigenvalue weighted by Crippen LogP contribution is 2.28. The highest BCUT2D eigenvalue weighted by Gasteiger charge is 2.18. The standard InChI is InChI=1S/C24H25N5O3S/c1-15-22(33-24-26-20(14-28(15)24)16-7-9-18(32-2)10-8-16)23(31)25-11-12-29-21(30)13-17-5-3-4-6-19(17)27-29/h7-10,13-14H,3-6,11-12H2,1-2H3,(H,25,31). The summed E-state index contributed by atoms with van der Waals surface area (Å²) in [6, 6.07) is 9.42. The quantitative estimate of drug-likeness (QED) is 0.474. The number of methoxy groups -OCH3 is 1. The van der Waals surface area contributed by atoms with Crippen LogP contribution in [-0.2, 0) is 19.4 Å². The van der Waals surface area contributed by atoms with Gasteiger partial charge in [-0.25, -0.2) is 9.67 Å². The molecule has 1 amide bonds. The van der Waals surface area contributed by atoms with Gasteiger partial charge in [-0.05, 0) is 62.4 Å². The molecule has 0 radical (unpaired) electrons. The molecule has 170 valence electrons. The van der Waals surface area contributed by atoms with Crippen LogP contribution in [0.3, 0.4) is 0 Å². The summed E-state index contributed by atoms with van der Waals surface area (Å²) >= 11 is 1.35. The fraction of sp³-hybridized carbons (Fsp3) is 0.333. The van der Waals surface area contributed by atoms with Crippen molar-refractivity contribution in [3.8, 4) is 17.0 Å². The first-order valence-electron chi connectivity index (χ1n) is 11.0. The van der Waals surface area contributed by atoms with Crippen LogP contribution in [-0.4, -0.2) is 38.7 Å². The fourth-order valence-corrected chi connectivity index (χ4v) is 5.20. The van der Waals surface area contributed by atoms with Gasteiger partial charge >= 0.3 is 0 Å². The van der Waals surface area contributed by atoms with Gasteiger partial charge in [0.25, 0.3) is 11.5 Å². The molecule has 1 aromatic carbocycles. The molecule has 0 saturated carbocycles. The Bertz CT molecular complexity index is 1380. The lowest BCUT2D eigenvalue weighted by molar-refractivity contribution is 0.0955. The number of nitrogens with one attached hydrogen (secondary N) is 1. The topological polar surface area (TPSA) is 90.5 Å². The van der Waals surface area contributed by atoms with E-state index in [1.54, 1.807) is 13.2 Å². The fourth-order valence-electron chi connectivity index (χ4n) is 4.18. The van der Waals surface area contributed by atoms with E-state index >= 15 is 0 Å². The summed E-state index contributed by atoms with van der Waals surface area (Å²) in [6.45, 7) is 2.59. The van der Waals surface area contributed by atoms with Crippen molar-refractivity contribution in [2.75, 3.05) is 13.7 Å². The van der Waals surface area contributed by atoms with Gasteiger partial charge in [0.1, 0.15) is 10.6 Å². The van der Waals surface area contributed by atoms with E-state index in [2.05, 4.69) is 15.4 Å². The number of carbonyl (C=O) groups excluding carboxylic acids is 1. The molecule has 0 spiro atoms. The van der Waals surface area contributed by atoms with Crippen LogP contribution in [0, 0.1) is 6.92 Å². The largest absolute Gasteiger partial charge is 0.497 e. The lowest BCUT2D eigenvalue weighted by Gasteiger charge is -2.15. The van der Waals surface area contributed by atoms with E-state index in [9.17, 15) is 9.59 Å². The molecule has 0 bridgehead atoms. The first-order chi connectivity index (χ1) is 16.0. The van der Waals surface area contributed by atoms with Crippen LogP contribution >= 0.6 is 11.3 Å². The molecule has 0 saturated heterocycles. The third-order valence-corrected chi connectivity index (χ3v) is 7.19. The maximum Gasteiger partial charge on any atom is 0.267 e. The summed E-state index contributed by atoms with van der Waals surface area (Å²) in [5.74, 6) is 0.628. The summed E-state index contributed by atoms with van der Waals surface area (Å²) in [7, 11) is 1.64. The van der Waals surface area contributed by atoms with Gasteiger partial charge in [-0.15, -0.1) is 0 Å². The number of carbonyl (C=O) groups is 1. The Labute approximate surface area is 194 Å². The van der Waals surface area contributed by atoms with Gasteiger partial charge < -0.3 is 10.1 Å². The van der Waals surface area contributed by atoms with Crippen LogP contribution in [0.2, 0.25) is 0 Å². The monoisotopic (exact) mass is 463 g/mol. The number of aromatic nitrogens is 4. The predicted octanol–water partition coefficient (Wildman–Crippen LogP) is 3.25. The normalized spacial score (nSPS) is 13.2. The molecule has 33 heavy (non-hydrogen) atoms. The second kappa shape index (κ2) is 8.82. The Morgan fingerprint density at radius 3 is 2.76 bits per heavy atom. The first kappa shape index (κ1) is 21.4. The second-order valence-electron chi connectivity index (χ2n) is 8.16. The molecule has 3 aromatic heterocycles. The molecule has 0 fully saturated rings. The summed E-state index contributed by atoms with van der Waals surface area (Å²) in [5, 5.41) is 7.43. The number of amides is 1. The molecule has 0 unspecified atom stereocenters. The highest BCUT2D eigenvalue weighted by molar-refractivity contribution is 7.19. The zero-order chi connectivity index (χ0) is 22.9. The van der Waals surface area contributed by atoms with Crippen molar-refractivity contribution >= 4 is 22.2 Å². The van der Waals surface area contributed by atoms with Crippen molar-refractivity contribution < 1.29 is 9.53 Å². The van der Waals surface area contributed by atoms with E-state index in [0.29, 0.717) is 18.0 Å². The number of fused-ring (bicyclic) bond motifs is 2. The Morgan fingerprint density at radius 1 is 1.21 bits per heavy atom. The molecule has 1 aliphatic carbocycles. The van der Waals surface area contributed by atoms with Crippen molar-refractivity contribution in [2.24, 2.45) is 0 Å². The van der Waals surface area contributed by atoms with E-state index in [0.717, 1.165) is 64.6 Å². The number of aryl methyl sites for hydroxylation is 3. The van der Waals surface area contributed by atoms with Crippen LogP contribution in [0.4, 0.5) is 0 Å². The molecule has 3 heterocycles. The Kier molecular flexibility index (Phi) is 5.72. The van der Waals surface area contributed by atoms with Gasteiger partial charge in [-0.3, -0.25) is 14.0 Å². The van der Waals surface area contributed by atoms with Crippen LogP contribution in [0.15, 0.2) is 41.3 Å². The zero-order valence-corrected chi connectivity index (χ0v) is 19.4. The minimum Gasteiger partial charge on any atom is -0.497 e. The number of benzene rings is 1. The first-order valence-corrected chi connectivity index (χ1v) is 11.9. The van der Waals surface area contributed by atoms with Gasteiger partial charge in [0.15, 0.2) is 4.96 Å². The SMILES string of the molecule is COc1ccc(-c2cn3c(C)c(C(=O)NCCn4nc5c(cc4=O)CCCC5)sc3n2)cc1. The van der Waals surface area contributed by atoms with Gasteiger partial charge in [-0.1, -0.05) is 11.3 Å². The molecular weight excluding hydrogens is 438 g/mol. The lowest BCUT2D eigenvalue weighted by atomic mass is 9.97. The maximum absolute atomic E-state index is 12.8. The molecule has 4 aromatic rings. The maximum atomic E-state index is 12.8. The molecule has 1 aliphatic rings. The average Bonchev–Trinajstić information content (AvgIpc) is 3.39. The van der Waals surface area contributed by atoms with E-state index < -0.39 is 0 Å². The minimum atomic E-state index is -0.167. The molecule has 5 rings (SSSR count). The van der Waals surface area contributed by atoms with Gasteiger partial charge in [-0.2, -0.15) is 5.10 Å². The molecule has 0 aliphatic heterocycles. The van der Waals surface area contributed by atoms with Crippen molar-refractivity contribution in [3.63, 3.8) is 0 Å². The summed E-state index contributed by atoms with van der Waals surface area (Å²) in [5.41, 5.74) is 4.63. The van der Waals surface area contributed by atoms with Crippen molar-refractivity contribution in [3.05, 3.63) is 68.7 Å². The number of ether oxygens (including phenoxy) is 1. The third-order valence-electron chi connectivity index (χ3n) is 6.03. The lowest BCUT2D eigenvalue weighted by Crippen LogP contribution is -2.33. The third kappa shape index (κ3) is 4.16. The zero-order valence-electron chi connectivity index (χ0n) is 18.6. The predicted molar refractivity (Wildman–Crippen MR) is 127 cm³/mol. The summed E-state index contributed by atoms with van der Waals surface area (Å²) in [6.07, 6.45) is 5.99. The Morgan fingerprint density at radius 2 is 2.00 bits per heavy atom. The van der Waals surface area contributed by atoms with E-state index in [4.69, 9.17) is 4.74 Å². The summed E-state index contributed by atoms with van der Waals surface area (Å²) < 4.78 is 8.61. The number of imidazole rings is 1. The Balaban J connectivity index is 1.27. The van der Waals surface area contributed by atoms with E-state index in [1.807, 2.05) is 41.8 Å². The molecule has 1 N–H and O–H groups in total. The molecule has 0 atom stereocenters. The number of hydrogen-bond acceptors (Lipinski definition) is 6. The van der Waals surface area contributed by atoms with Crippen molar-refractivity contribution in [1.29, 1.82) is 0 Å².